The standard InChI is InChI=1S/C15H25NO3/c1-12(2)16-10-14(17)11-19-15-6-4-13(5-7-15)8-9-18-3/h4-7,12,14,16-17H,8-11H2,1-3H3/i1D3,8D2,9D2,10D2. The normalized spacial score (nSPS) is 24.1. The number of hydrogen-bond acceptors (Lipinski definition) is 4. The van der Waals surface area contributed by atoms with Gasteiger partial charge in [0, 0.05) is 29.2 Å². The number of hydrogen-bond donors (Lipinski definition) is 2. The Morgan fingerprint density at radius 2 is 2.16 bits per heavy atom. The fourth-order valence-electron chi connectivity index (χ4n) is 1.18. The van der Waals surface area contributed by atoms with E-state index in [0.29, 0.717) is 0 Å². The van der Waals surface area contributed by atoms with Gasteiger partial charge in [-0.2, -0.15) is 0 Å². The van der Waals surface area contributed by atoms with Crippen LogP contribution in [0, 0.1) is 0 Å². The van der Waals surface area contributed by atoms with Crippen molar-refractivity contribution in [2.45, 2.75) is 32.3 Å². The summed E-state index contributed by atoms with van der Waals surface area (Å²) in [4.78, 5) is 0. The molecule has 0 radical (unpaired) electrons. The van der Waals surface area contributed by atoms with E-state index in [1.165, 1.54) is 31.2 Å². The highest BCUT2D eigenvalue weighted by molar-refractivity contribution is 5.27. The monoisotopic (exact) mass is 276 g/mol. The molecule has 1 rings (SSSR count). The molecule has 1 aromatic rings. The number of ether oxygens (including phenoxy) is 2. The number of aliphatic hydroxyl groups is 1. The summed E-state index contributed by atoms with van der Waals surface area (Å²) in [6.45, 7) is -6.61. The van der Waals surface area contributed by atoms with E-state index < -0.39 is 45.0 Å². The Hall–Kier alpha value is -1.10. The Balaban J connectivity index is 2.76. The molecule has 0 heterocycles. The molecule has 19 heavy (non-hydrogen) atoms. The van der Waals surface area contributed by atoms with Gasteiger partial charge in [-0.05, 0) is 24.1 Å². The molecular formula is C15H25NO3. The molecule has 0 aromatic heterocycles. The quantitative estimate of drug-likeness (QED) is 0.719. The van der Waals surface area contributed by atoms with Crippen LogP contribution in [0.5, 0.6) is 5.75 Å². The average molecular weight is 276 g/mol. The van der Waals surface area contributed by atoms with Crippen LogP contribution >= 0.6 is 0 Å². The molecule has 0 bridgehead atoms. The maximum absolute atomic E-state index is 10.0. The Morgan fingerprint density at radius 1 is 1.42 bits per heavy atom. The molecule has 0 amide bonds. The summed E-state index contributed by atoms with van der Waals surface area (Å²) < 4.78 is 78.1. The maximum Gasteiger partial charge on any atom is 0.119 e. The number of nitrogens with one attached hydrogen (secondary N) is 1. The summed E-state index contributed by atoms with van der Waals surface area (Å²) >= 11 is 0. The Kier molecular flexibility index (Phi) is 3.31. The molecule has 0 fully saturated rings. The van der Waals surface area contributed by atoms with Crippen LogP contribution in [0.1, 0.15) is 31.7 Å². The lowest BCUT2D eigenvalue weighted by molar-refractivity contribution is 0.104. The minimum absolute atomic E-state index is 0.00995. The molecule has 2 N–H and O–H groups in total. The van der Waals surface area contributed by atoms with E-state index >= 15 is 0 Å². The Bertz CT molecular complexity index is 635. The average Bonchev–Trinajstić information content (AvgIpc) is 2.58. The molecule has 0 saturated heterocycles. The van der Waals surface area contributed by atoms with Crippen LogP contribution in [0.3, 0.4) is 0 Å². The SMILES string of the molecule is [2H]C([2H])([2H])C(C)NC([2H])([2H])C(O)COc1ccc(C([2H])([2H])C([2H])([2H])OC)cc1. The van der Waals surface area contributed by atoms with Crippen LogP contribution in [0.15, 0.2) is 24.3 Å². The van der Waals surface area contributed by atoms with Crippen molar-refractivity contribution in [3.63, 3.8) is 0 Å². The molecule has 4 nitrogen and oxygen atoms in total. The van der Waals surface area contributed by atoms with Gasteiger partial charge in [-0.1, -0.05) is 25.9 Å². The number of methoxy groups -OCH3 is 1. The first-order valence-corrected chi connectivity index (χ1v) is 5.79. The third-order valence-electron chi connectivity index (χ3n) is 2.03. The fraction of sp³-hybridized carbons (Fsp3) is 0.600. The van der Waals surface area contributed by atoms with Crippen LogP contribution in [-0.4, -0.2) is 44.0 Å². The van der Waals surface area contributed by atoms with Crippen LogP contribution in [0.2, 0.25) is 0 Å². The van der Waals surface area contributed by atoms with Gasteiger partial charge in [0.05, 0.1) is 9.30 Å². The molecule has 2 atom stereocenters. The minimum atomic E-state index is -2.55. The van der Waals surface area contributed by atoms with Crippen molar-refractivity contribution < 1.29 is 26.9 Å². The number of aliphatic hydroxyl groups excluding tert-OH is 1. The van der Waals surface area contributed by atoms with Crippen molar-refractivity contribution in [1.29, 1.82) is 0 Å². The molecular weight excluding hydrogens is 242 g/mol. The third-order valence-corrected chi connectivity index (χ3v) is 2.03. The predicted molar refractivity (Wildman–Crippen MR) is 76.7 cm³/mol. The zero-order chi connectivity index (χ0) is 22.0. The molecule has 0 saturated carbocycles. The van der Waals surface area contributed by atoms with Gasteiger partial charge >= 0.3 is 0 Å². The second-order valence-electron chi connectivity index (χ2n) is 3.79. The molecule has 108 valence electrons. The summed E-state index contributed by atoms with van der Waals surface area (Å²) in [7, 11) is 1.06. The Morgan fingerprint density at radius 3 is 2.79 bits per heavy atom. The van der Waals surface area contributed by atoms with Gasteiger partial charge < -0.3 is 19.9 Å². The van der Waals surface area contributed by atoms with Crippen LogP contribution in [0.4, 0.5) is 0 Å². The smallest absolute Gasteiger partial charge is 0.119 e. The number of benzene rings is 1. The van der Waals surface area contributed by atoms with E-state index in [4.69, 9.17) is 17.1 Å². The fourth-order valence-corrected chi connectivity index (χ4v) is 1.18. The van der Waals surface area contributed by atoms with Crippen molar-refractivity contribution >= 4 is 0 Å². The van der Waals surface area contributed by atoms with Crippen molar-refractivity contribution in [3.05, 3.63) is 29.8 Å². The van der Waals surface area contributed by atoms with E-state index in [-0.39, 0.29) is 11.3 Å². The molecule has 2 unspecified atom stereocenters. The third kappa shape index (κ3) is 7.15. The van der Waals surface area contributed by atoms with Gasteiger partial charge in [0.2, 0.25) is 0 Å². The second-order valence-corrected chi connectivity index (χ2v) is 3.79. The van der Waals surface area contributed by atoms with Crippen molar-refractivity contribution in [3.8, 4) is 5.75 Å². The lowest BCUT2D eigenvalue weighted by atomic mass is 10.1. The lowest BCUT2D eigenvalue weighted by Crippen LogP contribution is -2.35. The van der Waals surface area contributed by atoms with E-state index in [2.05, 4.69) is 10.1 Å². The summed E-state index contributed by atoms with van der Waals surface area (Å²) in [5, 5.41) is 12.2. The molecule has 0 aliphatic carbocycles. The van der Waals surface area contributed by atoms with Crippen LogP contribution < -0.4 is 10.1 Å². The van der Waals surface area contributed by atoms with E-state index in [9.17, 15) is 5.11 Å². The van der Waals surface area contributed by atoms with Crippen LogP contribution in [0.25, 0.3) is 0 Å². The first kappa shape index (κ1) is 7.07. The first-order chi connectivity index (χ1) is 12.5. The van der Waals surface area contributed by atoms with Gasteiger partial charge in [0.25, 0.3) is 0 Å². The summed E-state index contributed by atoms with van der Waals surface area (Å²) in [5.41, 5.74) is 0.00995. The highest BCUT2D eigenvalue weighted by Gasteiger charge is 2.05. The first-order valence-electron chi connectivity index (χ1n) is 10.3. The van der Waals surface area contributed by atoms with Gasteiger partial charge in [0.15, 0.2) is 0 Å². The summed E-state index contributed by atoms with van der Waals surface area (Å²) in [6.07, 6.45) is -4.10. The largest absolute Gasteiger partial charge is 0.491 e. The highest BCUT2D eigenvalue weighted by atomic mass is 16.5. The van der Waals surface area contributed by atoms with Gasteiger partial charge in [-0.25, -0.2) is 0 Å². The molecule has 0 aliphatic rings. The second kappa shape index (κ2) is 8.91. The van der Waals surface area contributed by atoms with Crippen molar-refractivity contribution in [1.82, 2.24) is 5.32 Å². The molecule has 4 heteroatoms. The molecule has 1 aromatic carbocycles. The van der Waals surface area contributed by atoms with Gasteiger partial charge in [0.1, 0.15) is 18.5 Å². The number of rotatable bonds is 9. The van der Waals surface area contributed by atoms with Crippen molar-refractivity contribution in [2.75, 3.05) is 26.8 Å². The zero-order valence-electron chi connectivity index (χ0n) is 19.9. The molecule has 0 aliphatic heterocycles. The topological polar surface area (TPSA) is 50.7 Å². The number of aryl methyl sites for hydroxylation is 1. The predicted octanol–water partition coefficient (Wildman–Crippen LogP) is 1.61. The minimum Gasteiger partial charge on any atom is -0.491 e. The van der Waals surface area contributed by atoms with E-state index in [1.807, 2.05) is 0 Å². The molecule has 0 spiro atoms. The highest BCUT2D eigenvalue weighted by Crippen LogP contribution is 2.12. The van der Waals surface area contributed by atoms with Crippen LogP contribution in [-0.2, 0) is 11.1 Å². The van der Waals surface area contributed by atoms with Gasteiger partial charge in [-0.15, -0.1) is 0 Å². The zero-order valence-corrected chi connectivity index (χ0v) is 10.9. The van der Waals surface area contributed by atoms with E-state index in [0.717, 1.165) is 7.11 Å². The lowest BCUT2D eigenvalue weighted by Gasteiger charge is -2.15. The summed E-state index contributed by atoms with van der Waals surface area (Å²) in [5.74, 6) is 0.191. The summed E-state index contributed by atoms with van der Waals surface area (Å²) in [6, 6.07) is 4.10. The maximum atomic E-state index is 10.0. The van der Waals surface area contributed by atoms with E-state index in [1.54, 1.807) is 0 Å². The Labute approximate surface area is 128 Å². The van der Waals surface area contributed by atoms with Crippen molar-refractivity contribution in [2.24, 2.45) is 0 Å². The van der Waals surface area contributed by atoms with Gasteiger partial charge in [-0.3, -0.25) is 0 Å².